The van der Waals surface area contributed by atoms with E-state index in [0.717, 1.165) is 51.3 Å². The second-order valence-corrected chi connectivity index (χ2v) is 6.22. The van der Waals surface area contributed by atoms with Crippen LogP contribution in [-0.2, 0) is 6.42 Å². The highest BCUT2D eigenvalue weighted by Crippen LogP contribution is 2.45. The van der Waals surface area contributed by atoms with E-state index in [0.29, 0.717) is 0 Å². The highest BCUT2D eigenvalue weighted by Gasteiger charge is 2.26. The van der Waals surface area contributed by atoms with Crippen molar-refractivity contribution >= 4 is 46.2 Å². The van der Waals surface area contributed by atoms with Gasteiger partial charge >= 0.3 is 0 Å². The minimum atomic E-state index is 0. The van der Waals surface area contributed by atoms with Crippen LogP contribution in [0, 0.1) is 0 Å². The molecular formula is C17H12ClNO2S. The van der Waals surface area contributed by atoms with Crippen LogP contribution in [0.4, 0.5) is 0 Å². The molecule has 0 fully saturated rings. The second-order valence-electron chi connectivity index (χ2n) is 5.11. The van der Waals surface area contributed by atoms with Gasteiger partial charge in [-0.1, -0.05) is 12.1 Å². The van der Waals surface area contributed by atoms with Crippen molar-refractivity contribution in [2.45, 2.75) is 11.3 Å². The van der Waals surface area contributed by atoms with Gasteiger partial charge in [-0.25, -0.2) is 4.98 Å². The van der Waals surface area contributed by atoms with E-state index in [2.05, 4.69) is 6.07 Å². The number of aryl methyl sites for hydroxylation is 1. The number of para-hydroxylation sites is 1. The first-order valence-electron chi connectivity index (χ1n) is 6.92. The maximum atomic E-state index is 6.10. The van der Waals surface area contributed by atoms with Crippen LogP contribution in [0.5, 0.6) is 0 Å². The average molecular weight is 330 g/mol. The molecule has 1 aliphatic heterocycles. The minimum Gasteiger partial charge on any atom is -0.464 e. The van der Waals surface area contributed by atoms with Gasteiger partial charge in [0, 0.05) is 22.5 Å². The van der Waals surface area contributed by atoms with Crippen LogP contribution >= 0.6 is 24.2 Å². The van der Waals surface area contributed by atoms with Gasteiger partial charge in [-0.3, -0.25) is 0 Å². The summed E-state index contributed by atoms with van der Waals surface area (Å²) in [7, 11) is 0. The third-order valence-electron chi connectivity index (χ3n) is 3.89. The van der Waals surface area contributed by atoms with Gasteiger partial charge in [0.15, 0.2) is 5.58 Å². The summed E-state index contributed by atoms with van der Waals surface area (Å²) >= 11 is 1.83. The number of pyridine rings is 1. The summed E-state index contributed by atoms with van der Waals surface area (Å²) in [4.78, 5) is 6.06. The van der Waals surface area contributed by atoms with Crippen molar-refractivity contribution in [3.8, 4) is 11.3 Å². The van der Waals surface area contributed by atoms with Crippen molar-refractivity contribution in [2.75, 3.05) is 5.75 Å². The van der Waals surface area contributed by atoms with E-state index in [4.69, 9.17) is 13.8 Å². The first-order chi connectivity index (χ1) is 10.4. The quantitative estimate of drug-likeness (QED) is 0.474. The first kappa shape index (κ1) is 13.7. The number of hydrogen-bond donors (Lipinski definition) is 0. The van der Waals surface area contributed by atoms with Crippen LogP contribution in [0.1, 0.15) is 5.69 Å². The molecule has 0 amide bonds. The minimum absolute atomic E-state index is 0. The molecule has 0 N–H and O–H groups in total. The molecule has 22 heavy (non-hydrogen) atoms. The van der Waals surface area contributed by atoms with Gasteiger partial charge in [-0.2, -0.15) is 0 Å². The molecule has 0 aliphatic carbocycles. The molecule has 4 aromatic rings. The number of furan rings is 2. The molecule has 110 valence electrons. The molecule has 0 saturated heterocycles. The number of nitrogens with zero attached hydrogens (tertiary/aromatic N) is 1. The van der Waals surface area contributed by atoms with Crippen LogP contribution in [0.25, 0.3) is 33.4 Å². The molecule has 4 heterocycles. The summed E-state index contributed by atoms with van der Waals surface area (Å²) in [6.45, 7) is 0. The summed E-state index contributed by atoms with van der Waals surface area (Å²) in [5.41, 5.74) is 4.86. The Kier molecular flexibility index (Phi) is 3.17. The van der Waals surface area contributed by atoms with Crippen molar-refractivity contribution in [1.29, 1.82) is 0 Å². The highest BCUT2D eigenvalue weighted by molar-refractivity contribution is 7.99. The SMILES string of the molecule is Cl.c1coc(-c2c3c(nc4c2oc2ccccc24)CCS3)c1. The number of hydrogen-bond acceptors (Lipinski definition) is 4. The molecule has 5 rings (SSSR count). The number of fused-ring (bicyclic) bond motifs is 4. The Balaban J connectivity index is 0.00000125. The Bertz CT molecular complexity index is 975. The first-order valence-corrected chi connectivity index (χ1v) is 7.91. The molecule has 5 heteroatoms. The Morgan fingerprint density at radius 3 is 2.86 bits per heavy atom. The Morgan fingerprint density at radius 1 is 1.09 bits per heavy atom. The summed E-state index contributed by atoms with van der Waals surface area (Å²) < 4.78 is 11.7. The van der Waals surface area contributed by atoms with E-state index in [-0.39, 0.29) is 12.4 Å². The van der Waals surface area contributed by atoms with Crippen LogP contribution in [-0.4, -0.2) is 10.7 Å². The van der Waals surface area contributed by atoms with E-state index in [9.17, 15) is 0 Å². The Hall–Kier alpha value is -1.91. The predicted molar refractivity (Wildman–Crippen MR) is 90.9 cm³/mol. The Morgan fingerprint density at radius 2 is 2.00 bits per heavy atom. The molecule has 0 spiro atoms. The van der Waals surface area contributed by atoms with E-state index in [1.54, 1.807) is 6.26 Å². The molecule has 0 bridgehead atoms. The van der Waals surface area contributed by atoms with E-state index in [1.165, 1.54) is 4.90 Å². The molecular weight excluding hydrogens is 318 g/mol. The largest absolute Gasteiger partial charge is 0.464 e. The lowest BCUT2D eigenvalue weighted by molar-refractivity contribution is 0.578. The maximum Gasteiger partial charge on any atom is 0.165 e. The predicted octanol–water partition coefficient (Wildman–Crippen LogP) is 5.31. The fraction of sp³-hybridized carbons (Fsp3) is 0.118. The zero-order valence-corrected chi connectivity index (χ0v) is 13.2. The summed E-state index contributed by atoms with van der Waals surface area (Å²) in [6, 6.07) is 12.0. The lowest BCUT2D eigenvalue weighted by atomic mass is 10.1. The smallest absolute Gasteiger partial charge is 0.165 e. The average Bonchev–Trinajstić information content (AvgIpc) is 3.24. The number of aromatic nitrogens is 1. The monoisotopic (exact) mass is 329 g/mol. The lowest BCUT2D eigenvalue weighted by Gasteiger charge is -2.05. The van der Waals surface area contributed by atoms with Gasteiger partial charge in [0.05, 0.1) is 17.5 Å². The number of rotatable bonds is 1. The summed E-state index contributed by atoms with van der Waals surface area (Å²) in [5, 5.41) is 1.07. The topological polar surface area (TPSA) is 39.2 Å². The maximum absolute atomic E-state index is 6.10. The number of thioether (sulfide) groups is 1. The molecule has 1 aromatic carbocycles. The van der Waals surface area contributed by atoms with E-state index < -0.39 is 0 Å². The third kappa shape index (κ3) is 1.81. The van der Waals surface area contributed by atoms with E-state index >= 15 is 0 Å². The zero-order valence-electron chi connectivity index (χ0n) is 11.5. The zero-order chi connectivity index (χ0) is 13.8. The molecule has 3 aromatic heterocycles. The van der Waals surface area contributed by atoms with Crippen LogP contribution in [0.2, 0.25) is 0 Å². The van der Waals surface area contributed by atoms with Crippen LogP contribution in [0.15, 0.2) is 56.4 Å². The molecule has 1 aliphatic rings. The number of halogens is 1. The normalized spacial score (nSPS) is 13.5. The molecule has 0 radical (unpaired) electrons. The number of benzene rings is 1. The second kappa shape index (κ2) is 5.07. The highest BCUT2D eigenvalue weighted by atomic mass is 35.5. The fourth-order valence-corrected chi connectivity index (χ4v) is 4.12. The standard InChI is InChI=1S/C17H11NO2S.ClH/c1-2-5-12-10(4-1)15-16(20-12)14(13-6-3-8-19-13)17-11(18-15)7-9-21-17;/h1-6,8H,7,9H2;1H. The van der Waals surface area contributed by atoms with Crippen molar-refractivity contribution in [2.24, 2.45) is 0 Å². The third-order valence-corrected chi connectivity index (χ3v) is 5.02. The fourth-order valence-electron chi connectivity index (χ4n) is 2.96. The molecule has 3 nitrogen and oxygen atoms in total. The molecule has 0 atom stereocenters. The van der Waals surface area contributed by atoms with Crippen molar-refractivity contribution in [1.82, 2.24) is 4.98 Å². The van der Waals surface area contributed by atoms with Gasteiger partial charge in [0.2, 0.25) is 0 Å². The molecule has 0 saturated carbocycles. The summed E-state index contributed by atoms with van der Waals surface area (Å²) in [6.07, 6.45) is 2.71. The van der Waals surface area contributed by atoms with Gasteiger partial charge in [-0.05, 0) is 24.3 Å². The van der Waals surface area contributed by atoms with Crippen molar-refractivity contribution < 1.29 is 8.83 Å². The van der Waals surface area contributed by atoms with E-state index in [1.807, 2.05) is 42.1 Å². The van der Waals surface area contributed by atoms with Gasteiger partial charge in [0.25, 0.3) is 0 Å². The van der Waals surface area contributed by atoms with Crippen molar-refractivity contribution in [3.63, 3.8) is 0 Å². The van der Waals surface area contributed by atoms with Gasteiger partial charge in [0.1, 0.15) is 16.9 Å². The van der Waals surface area contributed by atoms with Crippen LogP contribution in [0.3, 0.4) is 0 Å². The van der Waals surface area contributed by atoms with Gasteiger partial charge < -0.3 is 8.83 Å². The van der Waals surface area contributed by atoms with Gasteiger partial charge in [-0.15, -0.1) is 24.2 Å². The van der Waals surface area contributed by atoms with Crippen molar-refractivity contribution in [3.05, 3.63) is 48.4 Å². The lowest BCUT2D eigenvalue weighted by Crippen LogP contribution is -1.90. The summed E-state index contributed by atoms with van der Waals surface area (Å²) in [5.74, 6) is 1.92. The Labute approximate surface area is 137 Å². The van der Waals surface area contributed by atoms with Crippen LogP contribution < -0.4 is 0 Å². The molecule has 0 unspecified atom stereocenters.